The van der Waals surface area contributed by atoms with Crippen LogP contribution in [-0.2, 0) is 54.4 Å². The van der Waals surface area contributed by atoms with E-state index in [9.17, 15) is 47.9 Å². The van der Waals surface area contributed by atoms with Gasteiger partial charge in [0.15, 0.2) is 11.9 Å². The zero-order valence-electron chi connectivity index (χ0n) is 41.0. The van der Waals surface area contributed by atoms with Gasteiger partial charge in [-0.25, -0.2) is 0 Å². The van der Waals surface area contributed by atoms with Gasteiger partial charge in [-0.2, -0.15) is 0 Å². The highest BCUT2D eigenvalue weighted by molar-refractivity contribution is 8.76. The van der Waals surface area contributed by atoms with E-state index in [1.807, 2.05) is 0 Å². The standard InChI is InChI=1S/C44H71N17O10S2/c1-3-23(2)34-41(70)56-27(13-8-16-53-44(50)51)37(66)58-29(19-32(46)62)38(67)59-30(22-73-72-21-25(45)35(64)57-28(39(68)60-34)18-24-10-5-4-6-11-24)42(71)61-17-9-14-31(61)40(69)55-26(12-7-15-52-43(48)49)36(65)54-20-33(47)63/h4-6,10-11,23,25-31,34H,3,7-9,12-22,45H2,1-2H3,(H2,46,62)(H2,47,63)(H,54,65)(H,55,69)(H,56,70)(H,57,64)(H,58,66)(H,59,67)(H,60,68)(H4,48,49,52)(H4,50,51,53)/t23-,25-,26-,27-,28-,29-,30-,31-,34?/m0/s1. The van der Waals surface area contributed by atoms with Crippen LogP contribution in [-0.4, -0.2) is 162 Å². The molecule has 0 radical (unpaired) electrons. The molecule has 0 saturated carbocycles. The molecule has 21 N–H and O–H groups in total. The molecule has 2 heterocycles. The summed E-state index contributed by atoms with van der Waals surface area (Å²) in [6.45, 7) is 3.14. The summed E-state index contributed by atoms with van der Waals surface area (Å²) >= 11 is 0. The number of hydrogen-bond acceptors (Lipinski definition) is 15. The van der Waals surface area contributed by atoms with Crippen LogP contribution in [0.3, 0.4) is 0 Å². The molecule has 1 aromatic rings. The van der Waals surface area contributed by atoms with Crippen LogP contribution in [0.2, 0.25) is 0 Å². The lowest BCUT2D eigenvalue weighted by Crippen LogP contribution is -2.61. The Balaban J connectivity index is 2.05. The third-order valence-corrected chi connectivity index (χ3v) is 14.1. The summed E-state index contributed by atoms with van der Waals surface area (Å²) in [6, 6.07) is -1.81. The van der Waals surface area contributed by atoms with E-state index in [0.717, 1.165) is 21.6 Å². The number of guanidine groups is 2. The fourth-order valence-corrected chi connectivity index (χ4v) is 9.89. The lowest BCUT2D eigenvalue weighted by molar-refractivity contribution is -0.142. The van der Waals surface area contributed by atoms with Gasteiger partial charge in [0.2, 0.25) is 59.1 Å². The van der Waals surface area contributed by atoms with Crippen LogP contribution in [0.25, 0.3) is 0 Å². The van der Waals surface area contributed by atoms with Crippen molar-refractivity contribution >= 4 is 92.6 Å². The fourth-order valence-electron chi connectivity index (χ4n) is 7.61. The minimum atomic E-state index is -1.71. The van der Waals surface area contributed by atoms with Crippen LogP contribution in [0.5, 0.6) is 0 Å². The lowest BCUT2D eigenvalue weighted by Gasteiger charge is -2.31. The number of carbonyl (C=O) groups excluding carboxylic acids is 10. The number of rotatable bonds is 20. The van der Waals surface area contributed by atoms with Gasteiger partial charge in [-0.3, -0.25) is 57.9 Å². The molecular formula is C44H71N17O10S2. The molecule has 2 aliphatic heterocycles. The molecule has 2 aliphatic rings. The van der Waals surface area contributed by atoms with E-state index in [0.29, 0.717) is 18.4 Å². The van der Waals surface area contributed by atoms with Crippen LogP contribution in [0.1, 0.15) is 70.8 Å². The molecule has 27 nitrogen and oxygen atoms in total. The highest BCUT2D eigenvalue weighted by Gasteiger charge is 2.41. The van der Waals surface area contributed by atoms with Crippen molar-refractivity contribution in [3.63, 3.8) is 0 Å². The van der Waals surface area contributed by atoms with Gasteiger partial charge in [0.1, 0.15) is 42.3 Å². The van der Waals surface area contributed by atoms with Crippen LogP contribution in [0.4, 0.5) is 0 Å². The first-order valence-corrected chi connectivity index (χ1v) is 26.2. The normalized spacial score (nSPS) is 23.4. The smallest absolute Gasteiger partial charge is 0.246 e. The third-order valence-electron chi connectivity index (χ3n) is 11.7. The summed E-state index contributed by atoms with van der Waals surface area (Å²) in [5, 5.41) is 18.2. The zero-order chi connectivity index (χ0) is 54.2. The van der Waals surface area contributed by atoms with Crippen molar-refractivity contribution in [3.8, 4) is 0 Å². The third kappa shape index (κ3) is 21.0. The Morgan fingerprint density at radius 1 is 0.753 bits per heavy atom. The predicted octanol–water partition coefficient (Wildman–Crippen LogP) is -5.52. The first kappa shape index (κ1) is 60.4. The fraction of sp³-hybridized carbons (Fsp3) is 0.591. The molecule has 3 rings (SSSR count). The first-order chi connectivity index (χ1) is 34.6. The minimum Gasteiger partial charge on any atom is -0.370 e. The maximum Gasteiger partial charge on any atom is 0.246 e. The van der Waals surface area contributed by atoms with Gasteiger partial charge in [0.25, 0.3) is 0 Å². The van der Waals surface area contributed by atoms with Gasteiger partial charge in [-0.05, 0) is 50.0 Å². The molecule has 2 fully saturated rings. The summed E-state index contributed by atoms with van der Waals surface area (Å²) < 4.78 is 0. The summed E-state index contributed by atoms with van der Waals surface area (Å²) in [6.07, 6.45) is 0.382. The summed E-state index contributed by atoms with van der Waals surface area (Å²) in [4.78, 5) is 145. The van der Waals surface area contributed by atoms with E-state index < -0.39 is 126 Å². The molecule has 73 heavy (non-hydrogen) atoms. The maximum atomic E-state index is 14.6. The molecule has 29 heteroatoms. The van der Waals surface area contributed by atoms with E-state index in [-0.39, 0.29) is 81.6 Å². The Labute approximate surface area is 430 Å². The molecule has 0 aromatic heterocycles. The number of likely N-dealkylation sites (tertiary alicyclic amines) is 1. The van der Waals surface area contributed by atoms with Crippen molar-refractivity contribution in [2.45, 2.75) is 120 Å². The SMILES string of the molecule is CC[C@H](C)C1NC(=O)[C@H](Cc2ccccc2)NC(=O)[C@@H](N)CSSC[C@@H](C(=O)N2CCC[C@H]2C(=O)N[C@@H](CCCN=C(N)N)C(=O)NCC(N)=O)NC(=O)[C@H](CC(N)=O)NC(=O)[C@H](CCCN=C(N)N)NC1=O. The largest absolute Gasteiger partial charge is 0.370 e. The quantitative estimate of drug-likeness (QED) is 0.0251. The number of hydrogen-bond donors (Lipinski definition) is 14. The number of nitrogens with zero attached hydrogens (tertiary/aromatic N) is 3. The van der Waals surface area contributed by atoms with Crippen LogP contribution < -0.4 is 77.4 Å². The van der Waals surface area contributed by atoms with E-state index in [1.54, 1.807) is 44.2 Å². The lowest BCUT2D eigenvalue weighted by atomic mass is 9.96. The molecule has 1 unspecified atom stereocenters. The van der Waals surface area contributed by atoms with Gasteiger partial charge in [0.05, 0.1) is 19.0 Å². The Morgan fingerprint density at radius 2 is 1.36 bits per heavy atom. The Morgan fingerprint density at radius 3 is 1.99 bits per heavy atom. The van der Waals surface area contributed by atoms with Gasteiger partial charge in [-0.1, -0.05) is 72.2 Å². The highest BCUT2D eigenvalue weighted by atomic mass is 33.1. The van der Waals surface area contributed by atoms with Crippen molar-refractivity contribution in [3.05, 3.63) is 35.9 Å². The first-order valence-electron chi connectivity index (χ1n) is 23.7. The number of nitrogens with one attached hydrogen (secondary N) is 7. The summed E-state index contributed by atoms with van der Waals surface area (Å²) in [5.41, 5.74) is 39.7. The second-order valence-corrected chi connectivity index (χ2v) is 20.0. The number of nitrogens with two attached hydrogens (primary N) is 7. The topological polar surface area (TPSA) is 465 Å². The molecular weight excluding hydrogens is 991 g/mol. The van der Waals surface area contributed by atoms with E-state index >= 15 is 0 Å². The Kier molecular flexibility index (Phi) is 25.6. The van der Waals surface area contributed by atoms with Crippen molar-refractivity contribution in [2.75, 3.05) is 37.7 Å². The highest BCUT2D eigenvalue weighted by Crippen LogP contribution is 2.26. The molecule has 0 spiro atoms. The minimum absolute atomic E-state index is 0.0144. The average molecular weight is 1060 g/mol. The number of primary amides is 2. The van der Waals surface area contributed by atoms with Crippen molar-refractivity contribution < 1.29 is 47.9 Å². The maximum absolute atomic E-state index is 14.6. The van der Waals surface area contributed by atoms with E-state index in [2.05, 4.69) is 47.2 Å². The van der Waals surface area contributed by atoms with Crippen LogP contribution >= 0.6 is 21.6 Å². The molecule has 10 amide bonds. The van der Waals surface area contributed by atoms with Gasteiger partial charge in [0, 0.05) is 37.6 Å². The molecule has 0 aliphatic carbocycles. The predicted molar refractivity (Wildman–Crippen MR) is 275 cm³/mol. The van der Waals surface area contributed by atoms with Gasteiger partial charge in [-0.15, -0.1) is 0 Å². The number of aliphatic imine (C=N–C) groups is 2. The molecule has 404 valence electrons. The van der Waals surface area contributed by atoms with Gasteiger partial charge >= 0.3 is 0 Å². The number of benzene rings is 1. The van der Waals surface area contributed by atoms with E-state index in [4.69, 9.17) is 40.1 Å². The Bertz CT molecular complexity index is 2170. The van der Waals surface area contributed by atoms with E-state index in [1.165, 1.54) is 4.90 Å². The monoisotopic (exact) mass is 1060 g/mol. The average Bonchev–Trinajstić information content (AvgIpc) is 3.84. The molecule has 1 aromatic carbocycles. The number of amides is 10. The number of carbonyl (C=O) groups is 10. The van der Waals surface area contributed by atoms with Crippen molar-refractivity contribution in [1.29, 1.82) is 0 Å². The second kappa shape index (κ2) is 30.9. The zero-order valence-corrected chi connectivity index (χ0v) is 42.6. The molecule has 0 bridgehead atoms. The van der Waals surface area contributed by atoms with Crippen molar-refractivity contribution in [2.24, 2.45) is 56.0 Å². The second-order valence-electron chi connectivity index (χ2n) is 17.5. The van der Waals surface area contributed by atoms with Crippen LogP contribution in [0, 0.1) is 5.92 Å². The van der Waals surface area contributed by atoms with Crippen LogP contribution in [0.15, 0.2) is 40.3 Å². The van der Waals surface area contributed by atoms with Gasteiger partial charge < -0.3 is 82.3 Å². The summed E-state index contributed by atoms with van der Waals surface area (Å²) in [7, 11) is 2.09. The summed E-state index contributed by atoms with van der Waals surface area (Å²) in [5.74, 6) is -9.48. The Hall–Kier alpha value is -6.88. The molecule has 2 saturated heterocycles. The molecule has 9 atom stereocenters. The van der Waals surface area contributed by atoms with Crippen molar-refractivity contribution in [1.82, 2.24) is 42.1 Å².